The van der Waals surface area contributed by atoms with Gasteiger partial charge < -0.3 is 5.21 Å². The first-order valence-electron chi connectivity index (χ1n) is 8.47. The van der Waals surface area contributed by atoms with Crippen molar-refractivity contribution >= 4 is 11.4 Å². The van der Waals surface area contributed by atoms with Crippen molar-refractivity contribution in [2.45, 2.75) is 45.4 Å². The van der Waals surface area contributed by atoms with Crippen molar-refractivity contribution in [1.82, 2.24) is 4.65 Å². The molecule has 0 spiro atoms. The standard InChI is InChI=1S/C20H27NO/c1-2-3-4-5-6-13-18-21(22,19-14-9-7-10-15-19)20-16-11-8-12-17-20/h7-12,14-17H,2-6,13,18H2,1H3. The van der Waals surface area contributed by atoms with Gasteiger partial charge in [0.1, 0.15) is 11.4 Å². The molecule has 0 radical (unpaired) electrons. The second kappa shape index (κ2) is 8.72. The Bertz CT molecular complexity index is 484. The van der Waals surface area contributed by atoms with Crippen LogP contribution in [0.3, 0.4) is 0 Å². The van der Waals surface area contributed by atoms with Crippen molar-refractivity contribution < 1.29 is 0 Å². The number of hydrogen-bond acceptors (Lipinski definition) is 1. The highest BCUT2D eigenvalue weighted by atomic mass is 16.5. The molecule has 0 saturated heterocycles. The summed E-state index contributed by atoms with van der Waals surface area (Å²) in [5, 5.41) is 13.5. The zero-order valence-corrected chi connectivity index (χ0v) is 13.6. The fourth-order valence-electron chi connectivity index (χ4n) is 2.86. The highest BCUT2D eigenvalue weighted by molar-refractivity contribution is 5.58. The highest BCUT2D eigenvalue weighted by Crippen LogP contribution is 2.33. The lowest BCUT2D eigenvalue weighted by atomic mass is 10.1. The topological polar surface area (TPSA) is 23.1 Å². The lowest BCUT2D eigenvalue weighted by molar-refractivity contribution is 0.467. The maximum absolute atomic E-state index is 13.5. The van der Waals surface area contributed by atoms with Crippen LogP contribution < -0.4 is 4.65 Å². The number of hydrogen-bond donors (Lipinski definition) is 0. The zero-order valence-electron chi connectivity index (χ0n) is 13.6. The van der Waals surface area contributed by atoms with Gasteiger partial charge in [0.25, 0.3) is 0 Å². The average molecular weight is 297 g/mol. The highest BCUT2D eigenvalue weighted by Gasteiger charge is 2.22. The van der Waals surface area contributed by atoms with Crippen LogP contribution in [0.5, 0.6) is 0 Å². The first kappa shape index (κ1) is 16.7. The van der Waals surface area contributed by atoms with Crippen LogP contribution in [-0.4, -0.2) is 6.54 Å². The smallest absolute Gasteiger partial charge is 0.137 e. The van der Waals surface area contributed by atoms with E-state index >= 15 is 0 Å². The number of hydroxylamine groups is 1. The number of unbranched alkanes of at least 4 members (excludes halogenated alkanes) is 5. The Kier molecular flexibility index (Phi) is 6.63. The first-order valence-corrected chi connectivity index (χ1v) is 8.47. The van der Waals surface area contributed by atoms with Gasteiger partial charge in [0.2, 0.25) is 0 Å². The minimum absolute atomic E-state index is 0.352. The summed E-state index contributed by atoms with van der Waals surface area (Å²) < 4.78 is -0.352. The summed E-state index contributed by atoms with van der Waals surface area (Å²) in [5.41, 5.74) is 1.64. The maximum atomic E-state index is 13.5. The van der Waals surface area contributed by atoms with Gasteiger partial charge in [-0.2, -0.15) is 0 Å². The van der Waals surface area contributed by atoms with E-state index in [1.165, 1.54) is 25.7 Å². The van der Waals surface area contributed by atoms with Crippen LogP contribution in [0.2, 0.25) is 0 Å². The third-order valence-corrected chi connectivity index (χ3v) is 4.17. The molecule has 2 rings (SSSR count). The Morgan fingerprint density at radius 1 is 0.682 bits per heavy atom. The number of benzene rings is 2. The summed E-state index contributed by atoms with van der Waals surface area (Å²) >= 11 is 0. The van der Waals surface area contributed by atoms with Crippen LogP contribution in [-0.2, 0) is 0 Å². The van der Waals surface area contributed by atoms with Crippen LogP contribution in [0.4, 0.5) is 11.4 Å². The predicted octanol–water partition coefficient (Wildman–Crippen LogP) is 6.18. The molecule has 0 amide bonds. The summed E-state index contributed by atoms with van der Waals surface area (Å²) in [6, 6.07) is 19.5. The Labute approximate surface area is 134 Å². The normalized spacial score (nSPS) is 11.5. The number of nitrogens with zero attached hydrogens (tertiary/aromatic N) is 1. The lowest BCUT2D eigenvalue weighted by Gasteiger charge is -2.41. The summed E-state index contributed by atoms with van der Waals surface area (Å²) in [6.45, 7) is 2.84. The molecule has 0 aromatic heterocycles. The van der Waals surface area contributed by atoms with Crippen molar-refractivity contribution in [3.8, 4) is 0 Å². The Morgan fingerprint density at radius 2 is 1.14 bits per heavy atom. The van der Waals surface area contributed by atoms with Crippen molar-refractivity contribution in [2.75, 3.05) is 6.54 Å². The number of quaternary nitrogens is 1. The van der Waals surface area contributed by atoms with Gasteiger partial charge in [0.15, 0.2) is 0 Å². The van der Waals surface area contributed by atoms with Crippen molar-refractivity contribution in [3.63, 3.8) is 0 Å². The van der Waals surface area contributed by atoms with Gasteiger partial charge >= 0.3 is 0 Å². The molecule has 0 aliphatic heterocycles. The quantitative estimate of drug-likeness (QED) is 0.308. The molecule has 2 aromatic rings. The van der Waals surface area contributed by atoms with Crippen LogP contribution in [0.1, 0.15) is 45.4 Å². The molecule has 0 atom stereocenters. The van der Waals surface area contributed by atoms with E-state index in [1.54, 1.807) is 0 Å². The molecule has 118 valence electrons. The van der Waals surface area contributed by atoms with Crippen LogP contribution in [0, 0.1) is 5.21 Å². The van der Waals surface area contributed by atoms with E-state index < -0.39 is 0 Å². The molecule has 2 heteroatoms. The minimum Gasteiger partial charge on any atom is -0.622 e. The van der Waals surface area contributed by atoms with Crippen LogP contribution in [0.25, 0.3) is 0 Å². The van der Waals surface area contributed by atoms with E-state index in [0.717, 1.165) is 24.2 Å². The second-order valence-electron chi connectivity index (χ2n) is 5.90. The van der Waals surface area contributed by atoms with E-state index in [4.69, 9.17) is 0 Å². The Hall–Kier alpha value is -1.64. The zero-order chi connectivity index (χ0) is 15.7. The Morgan fingerprint density at radius 3 is 1.64 bits per heavy atom. The van der Waals surface area contributed by atoms with E-state index in [9.17, 15) is 5.21 Å². The maximum Gasteiger partial charge on any atom is 0.137 e. The number of rotatable bonds is 9. The second-order valence-corrected chi connectivity index (χ2v) is 5.90. The molecular formula is C20H27NO. The van der Waals surface area contributed by atoms with E-state index in [1.807, 2.05) is 60.7 Å². The summed E-state index contributed by atoms with van der Waals surface area (Å²) in [5.74, 6) is 0. The molecule has 0 saturated carbocycles. The molecule has 0 heterocycles. The van der Waals surface area contributed by atoms with Crippen LogP contribution >= 0.6 is 0 Å². The Balaban J connectivity index is 2.07. The fraction of sp³-hybridized carbons (Fsp3) is 0.400. The van der Waals surface area contributed by atoms with Crippen molar-refractivity contribution in [3.05, 3.63) is 65.9 Å². The van der Waals surface area contributed by atoms with Gasteiger partial charge in [-0.05, 0) is 37.1 Å². The van der Waals surface area contributed by atoms with E-state index in [0.29, 0.717) is 6.54 Å². The average Bonchev–Trinajstić information content (AvgIpc) is 2.59. The van der Waals surface area contributed by atoms with Crippen molar-refractivity contribution in [2.24, 2.45) is 0 Å². The van der Waals surface area contributed by atoms with Gasteiger partial charge in [-0.15, -0.1) is 0 Å². The molecule has 22 heavy (non-hydrogen) atoms. The molecular weight excluding hydrogens is 270 g/mol. The molecule has 0 bridgehead atoms. The monoisotopic (exact) mass is 297 g/mol. The lowest BCUT2D eigenvalue weighted by Crippen LogP contribution is -2.38. The van der Waals surface area contributed by atoms with Gasteiger partial charge in [-0.25, -0.2) is 0 Å². The summed E-state index contributed by atoms with van der Waals surface area (Å²) in [7, 11) is 0. The molecule has 0 N–H and O–H groups in total. The largest absolute Gasteiger partial charge is 0.622 e. The molecule has 0 aliphatic carbocycles. The fourth-order valence-corrected chi connectivity index (χ4v) is 2.86. The molecule has 0 aliphatic rings. The van der Waals surface area contributed by atoms with E-state index in [2.05, 4.69) is 6.92 Å². The third kappa shape index (κ3) is 4.43. The molecule has 2 nitrogen and oxygen atoms in total. The number of para-hydroxylation sites is 2. The van der Waals surface area contributed by atoms with E-state index in [-0.39, 0.29) is 4.65 Å². The first-order chi connectivity index (χ1) is 10.8. The van der Waals surface area contributed by atoms with Gasteiger partial charge in [0, 0.05) is 0 Å². The SMILES string of the molecule is CCCCCCCC[N+]([O-])(c1ccccc1)c1ccccc1. The molecule has 0 unspecified atom stereocenters. The van der Waals surface area contributed by atoms with Gasteiger partial charge in [0.05, 0.1) is 6.54 Å². The van der Waals surface area contributed by atoms with Crippen LogP contribution in [0.15, 0.2) is 60.7 Å². The molecule has 0 fully saturated rings. The predicted molar refractivity (Wildman–Crippen MR) is 95.9 cm³/mol. The van der Waals surface area contributed by atoms with Crippen molar-refractivity contribution in [1.29, 1.82) is 0 Å². The summed E-state index contributed by atoms with van der Waals surface area (Å²) in [6.07, 6.45) is 7.19. The van der Waals surface area contributed by atoms with Gasteiger partial charge in [-0.1, -0.05) is 69.0 Å². The minimum atomic E-state index is -0.352. The third-order valence-electron chi connectivity index (χ3n) is 4.17. The summed E-state index contributed by atoms with van der Waals surface area (Å²) in [4.78, 5) is 0. The van der Waals surface area contributed by atoms with Gasteiger partial charge in [-0.3, -0.25) is 4.65 Å². The molecule has 2 aromatic carbocycles.